The maximum atomic E-state index is 16.8. The summed E-state index contributed by atoms with van der Waals surface area (Å²) < 4.78 is 43.3. The van der Waals surface area contributed by atoms with E-state index in [2.05, 4.69) is 54.5 Å². The summed E-state index contributed by atoms with van der Waals surface area (Å²) in [4.78, 5) is 76.6. The lowest BCUT2D eigenvalue weighted by Crippen LogP contribution is -2.52. The minimum atomic E-state index is -0.682. The molecule has 18 heteroatoms. The van der Waals surface area contributed by atoms with Crippen LogP contribution in [-0.4, -0.2) is 107 Å². The third-order valence-electron chi connectivity index (χ3n) is 16.7. The number of nitrogens with one attached hydrogen (secondary N) is 4. The molecule has 394 valence electrons. The molecule has 5 aliphatic rings. The van der Waals surface area contributed by atoms with Crippen molar-refractivity contribution in [2.75, 3.05) is 56.7 Å². The van der Waals surface area contributed by atoms with E-state index in [4.69, 9.17) is 14.7 Å². The van der Waals surface area contributed by atoms with Crippen molar-refractivity contribution in [3.8, 4) is 0 Å². The second-order valence-electron chi connectivity index (χ2n) is 21.0. The van der Waals surface area contributed by atoms with Gasteiger partial charge in [-0.05, 0) is 129 Å². The Balaban J connectivity index is 0.897. The molecule has 4 aromatic carbocycles. The standard InChI is InChI=1S/C57H66F2N10O6/c1-74-56(72)60-33-50(70)67-25-9-15-48(67)53-61-42-19-17-37(29-44(42)63-53)46-21-22-47(69(46)39-31-40(58)52(41(59)32-39)66-27-23-35(24-28-66)34-11-5-3-6-12-34)38-18-20-43-45(30-38)64-54(62-43)49-16-10-26-68(49)55(71)51(65-57(73)75-2)36-13-7-4-8-14-36/h3,5-6,11-12,17-20,29-32,35-36,46-49,51H,4,7-10,13-16,21-28,33H2,1-2H3,(H,60,72)(H,61,63)(H,62,64)(H,65,73)/t46-,47-,48+,49+,51?/m1/s1. The number of ether oxygens (including phenoxy) is 2. The van der Waals surface area contributed by atoms with Crippen molar-refractivity contribution >= 4 is 57.4 Å². The first-order valence-electron chi connectivity index (χ1n) is 26.9. The van der Waals surface area contributed by atoms with Crippen molar-refractivity contribution in [2.24, 2.45) is 5.92 Å². The molecule has 0 bridgehead atoms. The van der Waals surface area contributed by atoms with E-state index in [1.807, 2.05) is 52.3 Å². The highest BCUT2D eigenvalue weighted by Gasteiger charge is 2.42. The number of aromatic nitrogens is 4. The Kier molecular flexibility index (Phi) is 14.3. The van der Waals surface area contributed by atoms with Crippen LogP contribution < -0.4 is 20.4 Å². The van der Waals surface area contributed by atoms with Gasteiger partial charge in [0.25, 0.3) is 0 Å². The van der Waals surface area contributed by atoms with E-state index in [0.717, 1.165) is 97.4 Å². The Hall–Kier alpha value is -7.24. The van der Waals surface area contributed by atoms with Crippen LogP contribution >= 0.6 is 0 Å². The van der Waals surface area contributed by atoms with Gasteiger partial charge in [0.15, 0.2) is 11.6 Å². The number of likely N-dealkylation sites (tertiary alicyclic amines) is 2. The number of anilines is 2. The Bertz CT molecular complexity index is 3040. The van der Waals surface area contributed by atoms with Gasteiger partial charge in [-0.2, -0.15) is 0 Å². The monoisotopic (exact) mass is 1020 g/mol. The molecule has 1 unspecified atom stereocenters. The zero-order valence-corrected chi connectivity index (χ0v) is 42.7. The molecular formula is C57H66F2N10O6. The zero-order valence-electron chi connectivity index (χ0n) is 42.7. The molecule has 11 rings (SSSR count). The van der Waals surface area contributed by atoms with Gasteiger partial charge in [-0.25, -0.2) is 28.3 Å². The van der Waals surface area contributed by atoms with E-state index in [0.29, 0.717) is 68.7 Å². The largest absolute Gasteiger partial charge is 0.453 e. The number of hydrogen-bond acceptors (Lipinski definition) is 10. The molecule has 4 saturated heterocycles. The first-order valence-corrected chi connectivity index (χ1v) is 26.9. The second-order valence-corrected chi connectivity index (χ2v) is 21.0. The number of rotatable bonds is 12. The summed E-state index contributed by atoms with van der Waals surface area (Å²) in [5.41, 5.74) is 6.62. The number of imidazole rings is 2. The van der Waals surface area contributed by atoms with Crippen LogP contribution in [0.4, 0.5) is 29.7 Å². The summed E-state index contributed by atoms with van der Waals surface area (Å²) in [6.07, 6.45) is 9.55. The molecule has 0 spiro atoms. The van der Waals surface area contributed by atoms with Crippen LogP contribution in [0.1, 0.15) is 142 Å². The summed E-state index contributed by atoms with van der Waals surface area (Å²) in [6, 6.07) is 23.6. The predicted molar refractivity (Wildman–Crippen MR) is 280 cm³/mol. The van der Waals surface area contributed by atoms with Gasteiger partial charge in [0.2, 0.25) is 11.8 Å². The summed E-state index contributed by atoms with van der Waals surface area (Å²) in [5.74, 6) is 0.140. The number of carbonyl (C=O) groups is 4. The molecule has 0 radical (unpaired) electrons. The van der Waals surface area contributed by atoms with Crippen molar-refractivity contribution < 1.29 is 37.4 Å². The average molecular weight is 1030 g/mol. The number of halogens is 2. The van der Waals surface area contributed by atoms with Gasteiger partial charge < -0.3 is 49.7 Å². The highest BCUT2D eigenvalue weighted by atomic mass is 19.1. The fourth-order valence-electron chi connectivity index (χ4n) is 13.0. The number of benzene rings is 4. The van der Waals surface area contributed by atoms with Gasteiger partial charge in [0.05, 0.1) is 60.5 Å². The number of aromatic amines is 2. The normalized spacial score (nSPS) is 22.0. The summed E-state index contributed by atoms with van der Waals surface area (Å²) >= 11 is 0. The Labute approximate surface area is 434 Å². The number of hydrogen-bond donors (Lipinski definition) is 4. The molecule has 6 heterocycles. The van der Waals surface area contributed by atoms with Crippen LogP contribution in [0.3, 0.4) is 0 Å². The van der Waals surface area contributed by atoms with Crippen molar-refractivity contribution in [1.82, 2.24) is 40.4 Å². The molecule has 75 heavy (non-hydrogen) atoms. The SMILES string of the molecule is COC(=O)NCC(=O)N1CCC[C@H]1c1nc2ccc([C@H]3CC[C@H](c4ccc5nc([C@@H]6CCCN6C(=O)C(NC(=O)OC)C6CCCCC6)[nH]c5c4)N3c3cc(F)c(N4CCC(c5ccccc5)CC4)c(F)c3)cc2[nH]1. The van der Waals surface area contributed by atoms with Crippen molar-refractivity contribution in [3.63, 3.8) is 0 Å². The maximum Gasteiger partial charge on any atom is 0.407 e. The molecular weight excluding hydrogens is 959 g/mol. The van der Waals surface area contributed by atoms with E-state index < -0.39 is 29.9 Å². The van der Waals surface area contributed by atoms with Gasteiger partial charge in [-0.15, -0.1) is 0 Å². The van der Waals surface area contributed by atoms with Gasteiger partial charge in [0, 0.05) is 31.9 Å². The lowest BCUT2D eigenvalue weighted by atomic mass is 9.83. The molecule has 4 aliphatic heterocycles. The fraction of sp³-hybridized carbons (Fsp3) is 0.474. The van der Waals surface area contributed by atoms with Crippen LogP contribution in [0.15, 0.2) is 78.9 Å². The summed E-state index contributed by atoms with van der Waals surface area (Å²) in [6.45, 7) is 1.97. The topological polar surface area (TPSA) is 181 Å². The quantitative estimate of drug-likeness (QED) is 0.0921. The fourth-order valence-corrected chi connectivity index (χ4v) is 13.0. The Morgan fingerprint density at radius 1 is 0.627 bits per heavy atom. The number of piperidine rings is 1. The van der Waals surface area contributed by atoms with E-state index in [1.54, 1.807) is 4.90 Å². The molecule has 1 saturated carbocycles. The molecule has 4 amide bonds. The average Bonchev–Trinajstić information content (AvgIpc) is 4.31. The van der Waals surface area contributed by atoms with Crippen molar-refractivity contribution in [3.05, 3.63) is 119 Å². The lowest BCUT2D eigenvalue weighted by Gasteiger charge is -2.36. The third kappa shape index (κ3) is 10.1. The van der Waals surface area contributed by atoms with E-state index in [1.165, 1.54) is 31.9 Å². The number of fused-ring (bicyclic) bond motifs is 2. The van der Waals surface area contributed by atoms with Crippen LogP contribution in [-0.2, 0) is 19.1 Å². The minimum Gasteiger partial charge on any atom is -0.453 e. The summed E-state index contributed by atoms with van der Waals surface area (Å²) in [7, 11) is 2.57. The van der Waals surface area contributed by atoms with Gasteiger partial charge >= 0.3 is 12.2 Å². The molecule has 1 aliphatic carbocycles. The second kappa shape index (κ2) is 21.5. The molecule has 2 aromatic heterocycles. The first-order chi connectivity index (χ1) is 36.5. The molecule has 5 atom stereocenters. The smallest absolute Gasteiger partial charge is 0.407 e. The highest BCUT2D eigenvalue weighted by Crippen LogP contribution is 2.49. The van der Waals surface area contributed by atoms with Crippen molar-refractivity contribution in [1.29, 1.82) is 0 Å². The van der Waals surface area contributed by atoms with Gasteiger partial charge in [-0.1, -0.05) is 61.7 Å². The van der Waals surface area contributed by atoms with Crippen molar-refractivity contribution in [2.45, 2.75) is 120 Å². The van der Waals surface area contributed by atoms with E-state index in [-0.39, 0.29) is 54.1 Å². The Morgan fingerprint density at radius 2 is 1.20 bits per heavy atom. The maximum absolute atomic E-state index is 16.8. The predicted octanol–water partition coefficient (Wildman–Crippen LogP) is 10.2. The number of nitrogens with zero attached hydrogens (tertiary/aromatic N) is 6. The zero-order chi connectivity index (χ0) is 51.7. The van der Waals surface area contributed by atoms with E-state index >= 15 is 8.78 Å². The number of H-pyrrole nitrogens is 2. The molecule has 5 fully saturated rings. The van der Waals surface area contributed by atoms with Crippen LogP contribution in [0, 0.1) is 17.6 Å². The minimum absolute atomic E-state index is 0.00136. The van der Waals surface area contributed by atoms with Crippen LogP contribution in [0.5, 0.6) is 0 Å². The van der Waals surface area contributed by atoms with Gasteiger partial charge in [0.1, 0.15) is 29.9 Å². The summed E-state index contributed by atoms with van der Waals surface area (Å²) in [5, 5.41) is 5.37. The Morgan fingerprint density at radius 3 is 1.79 bits per heavy atom. The van der Waals surface area contributed by atoms with Crippen LogP contribution in [0.25, 0.3) is 22.1 Å². The number of alkyl carbamates (subject to hydrolysis) is 2. The number of carbonyl (C=O) groups excluding carboxylic acids is 4. The highest BCUT2D eigenvalue weighted by molar-refractivity contribution is 5.87. The molecule has 6 aromatic rings. The number of amides is 4. The third-order valence-corrected chi connectivity index (χ3v) is 16.7. The first kappa shape index (κ1) is 49.9. The van der Waals surface area contributed by atoms with Crippen LogP contribution in [0.2, 0.25) is 0 Å². The molecule has 4 N–H and O–H groups in total. The lowest BCUT2D eigenvalue weighted by molar-refractivity contribution is -0.136. The molecule has 16 nitrogen and oxygen atoms in total. The van der Waals surface area contributed by atoms with Gasteiger partial charge in [-0.3, -0.25) is 9.59 Å². The number of methoxy groups -OCH3 is 2. The van der Waals surface area contributed by atoms with E-state index in [9.17, 15) is 19.2 Å².